The monoisotopic (exact) mass is 306 g/mol. The van der Waals surface area contributed by atoms with E-state index < -0.39 is 16.7 Å². The van der Waals surface area contributed by atoms with Gasteiger partial charge in [-0.15, -0.1) is 11.3 Å². The number of thiazole rings is 1. The largest absolute Gasteiger partial charge is 0.443 e. The van der Waals surface area contributed by atoms with Crippen LogP contribution in [0.2, 0.25) is 5.02 Å². The highest BCUT2D eigenvalue weighted by Gasteiger charge is 2.37. The fourth-order valence-electron chi connectivity index (χ4n) is 1.58. The second-order valence-electron chi connectivity index (χ2n) is 4.24. The van der Waals surface area contributed by atoms with Crippen LogP contribution in [0.3, 0.4) is 0 Å². The van der Waals surface area contributed by atoms with E-state index in [9.17, 15) is 13.2 Å². The zero-order chi connectivity index (χ0) is 14.3. The van der Waals surface area contributed by atoms with E-state index in [1.54, 1.807) is 31.2 Å². The van der Waals surface area contributed by atoms with E-state index in [-0.39, 0.29) is 0 Å². The van der Waals surface area contributed by atoms with Crippen molar-refractivity contribution in [2.75, 3.05) is 0 Å². The van der Waals surface area contributed by atoms with Crippen LogP contribution in [0.15, 0.2) is 30.5 Å². The number of rotatable bonds is 2. The quantitative estimate of drug-likeness (QED) is 0.909. The normalized spacial score (nSPS) is 15.3. The van der Waals surface area contributed by atoms with Crippen molar-refractivity contribution in [3.05, 3.63) is 50.9 Å². The molecule has 2 rings (SSSR count). The Hall–Kier alpha value is -1.11. The van der Waals surface area contributed by atoms with Gasteiger partial charge in [-0.25, -0.2) is 4.98 Å². The highest BCUT2D eigenvalue weighted by atomic mass is 35.5. The van der Waals surface area contributed by atoms with E-state index in [2.05, 4.69) is 4.98 Å². The van der Waals surface area contributed by atoms with Crippen LogP contribution >= 0.6 is 22.9 Å². The van der Waals surface area contributed by atoms with Crippen LogP contribution in [0.4, 0.5) is 13.2 Å². The van der Waals surface area contributed by atoms with Gasteiger partial charge in [-0.1, -0.05) is 23.7 Å². The molecule has 1 unspecified atom stereocenters. The van der Waals surface area contributed by atoms with E-state index in [0.717, 1.165) is 0 Å². The maximum atomic E-state index is 12.5. The van der Waals surface area contributed by atoms with Crippen molar-refractivity contribution < 1.29 is 13.2 Å². The molecule has 0 radical (unpaired) electrons. The molecule has 1 heterocycles. The molecule has 0 saturated carbocycles. The maximum Gasteiger partial charge on any atom is 0.443 e. The molecule has 2 N–H and O–H groups in total. The molecule has 1 aromatic carbocycles. The van der Waals surface area contributed by atoms with Crippen molar-refractivity contribution in [3.8, 4) is 0 Å². The third kappa shape index (κ3) is 2.91. The SMILES string of the molecule is CC(N)(c1ccc(Cl)cc1)c1cnc(C(F)(F)F)s1. The Morgan fingerprint density at radius 2 is 1.79 bits per heavy atom. The first-order chi connectivity index (χ1) is 8.71. The summed E-state index contributed by atoms with van der Waals surface area (Å²) >= 11 is 6.32. The Labute approximate surface area is 117 Å². The fraction of sp³-hybridized carbons (Fsp3) is 0.250. The summed E-state index contributed by atoms with van der Waals surface area (Å²) in [5.41, 5.74) is 5.77. The summed E-state index contributed by atoms with van der Waals surface area (Å²) in [6.45, 7) is 1.64. The van der Waals surface area contributed by atoms with Crippen LogP contribution in [0, 0.1) is 0 Å². The smallest absolute Gasteiger partial charge is 0.317 e. The van der Waals surface area contributed by atoms with Gasteiger partial charge in [0, 0.05) is 16.1 Å². The molecule has 7 heteroatoms. The standard InChI is InChI=1S/C12H10ClF3N2S/c1-11(17,7-2-4-8(13)5-3-7)9-6-18-10(19-9)12(14,15)16/h2-6H,17H2,1H3. The van der Waals surface area contributed by atoms with Gasteiger partial charge >= 0.3 is 6.18 Å². The minimum atomic E-state index is -4.45. The molecule has 0 amide bonds. The predicted molar refractivity (Wildman–Crippen MR) is 69.2 cm³/mol. The summed E-state index contributed by atoms with van der Waals surface area (Å²) in [4.78, 5) is 3.73. The first-order valence-corrected chi connectivity index (χ1v) is 6.49. The van der Waals surface area contributed by atoms with Gasteiger partial charge in [0.15, 0.2) is 5.01 Å². The van der Waals surface area contributed by atoms with E-state index in [1.807, 2.05) is 0 Å². The number of nitrogens with zero attached hydrogens (tertiary/aromatic N) is 1. The molecule has 1 atom stereocenters. The summed E-state index contributed by atoms with van der Waals surface area (Å²) in [6, 6.07) is 6.67. The Bertz CT molecular complexity index is 575. The summed E-state index contributed by atoms with van der Waals surface area (Å²) in [6.07, 6.45) is -3.28. The van der Waals surface area contributed by atoms with Crippen molar-refractivity contribution in [1.82, 2.24) is 4.98 Å². The van der Waals surface area contributed by atoms with Crippen LogP contribution in [0.25, 0.3) is 0 Å². The molecule has 0 bridgehead atoms. The number of benzene rings is 1. The average Bonchev–Trinajstić information content (AvgIpc) is 2.79. The van der Waals surface area contributed by atoms with Crippen LogP contribution < -0.4 is 5.73 Å². The highest BCUT2D eigenvalue weighted by molar-refractivity contribution is 7.11. The molecule has 19 heavy (non-hydrogen) atoms. The Morgan fingerprint density at radius 3 is 2.26 bits per heavy atom. The second-order valence-corrected chi connectivity index (χ2v) is 5.70. The van der Waals surface area contributed by atoms with Crippen LogP contribution in [0.1, 0.15) is 22.4 Å². The Kier molecular flexibility index (Phi) is 3.59. The van der Waals surface area contributed by atoms with Gasteiger partial charge in [0.25, 0.3) is 0 Å². The lowest BCUT2D eigenvalue weighted by molar-refractivity contribution is -0.137. The molecular weight excluding hydrogens is 297 g/mol. The third-order valence-corrected chi connectivity index (χ3v) is 4.24. The summed E-state index contributed by atoms with van der Waals surface area (Å²) in [7, 11) is 0. The predicted octanol–water partition coefficient (Wildman–Crippen LogP) is 4.04. The van der Waals surface area contributed by atoms with Crippen molar-refractivity contribution in [2.45, 2.75) is 18.6 Å². The molecule has 102 valence electrons. The molecule has 0 spiro atoms. The van der Waals surface area contributed by atoms with Gasteiger partial charge in [-0.2, -0.15) is 13.2 Å². The lowest BCUT2D eigenvalue weighted by Crippen LogP contribution is -2.33. The summed E-state index contributed by atoms with van der Waals surface area (Å²) < 4.78 is 37.6. The molecule has 2 nitrogen and oxygen atoms in total. The van der Waals surface area contributed by atoms with E-state index in [0.29, 0.717) is 26.8 Å². The van der Waals surface area contributed by atoms with Gasteiger partial charge in [0.05, 0.1) is 5.54 Å². The van der Waals surface area contributed by atoms with Crippen molar-refractivity contribution >= 4 is 22.9 Å². The number of halogens is 4. The van der Waals surface area contributed by atoms with Crippen molar-refractivity contribution in [2.24, 2.45) is 5.73 Å². The molecule has 0 saturated heterocycles. The van der Waals surface area contributed by atoms with Crippen molar-refractivity contribution in [1.29, 1.82) is 0 Å². The van der Waals surface area contributed by atoms with E-state index >= 15 is 0 Å². The van der Waals surface area contributed by atoms with Crippen LogP contribution in [-0.2, 0) is 11.7 Å². The zero-order valence-corrected chi connectivity index (χ0v) is 11.4. The van der Waals surface area contributed by atoms with Gasteiger partial charge < -0.3 is 5.73 Å². The van der Waals surface area contributed by atoms with E-state index in [1.165, 1.54) is 6.20 Å². The molecule has 0 aliphatic heterocycles. The number of nitrogens with two attached hydrogens (primary N) is 1. The lowest BCUT2D eigenvalue weighted by Gasteiger charge is -2.23. The molecule has 0 aliphatic carbocycles. The number of alkyl halides is 3. The first-order valence-electron chi connectivity index (χ1n) is 5.29. The number of hydrogen-bond donors (Lipinski definition) is 1. The van der Waals surface area contributed by atoms with Crippen LogP contribution in [-0.4, -0.2) is 4.98 Å². The minimum Gasteiger partial charge on any atom is -0.317 e. The third-order valence-electron chi connectivity index (χ3n) is 2.70. The molecular formula is C12H10ClF3N2S. The average molecular weight is 307 g/mol. The van der Waals surface area contributed by atoms with Crippen LogP contribution in [0.5, 0.6) is 0 Å². The van der Waals surface area contributed by atoms with Gasteiger partial charge in [-0.3, -0.25) is 0 Å². The molecule has 1 aromatic heterocycles. The summed E-state index contributed by atoms with van der Waals surface area (Å²) in [5, 5.41) is -0.354. The highest BCUT2D eigenvalue weighted by Crippen LogP contribution is 2.37. The maximum absolute atomic E-state index is 12.5. The Balaban J connectivity index is 2.39. The summed E-state index contributed by atoms with van der Waals surface area (Å²) in [5.74, 6) is 0. The lowest BCUT2D eigenvalue weighted by atomic mass is 9.92. The van der Waals surface area contributed by atoms with Gasteiger partial charge in [0.2, 0.25) is 0 Å². The van der Waals surface area contributed by atoms with Gasteiger partial charge in [0.1, 0.15) is 0 Å². The first kappa shape index (κ1) is 14.3. The second kappa shape index (κ2) is 4.77. The topological polar surface area (TPSA) is 38.9 Å². The molecule has 0 fully saturated rings. The zero-order valence-electron chi connectivity index (χ0n) is 9.83. The van der Waals surface area contributed by atoms with Gasteiger partial charge in [-0.05, 0) is 24.6 Å². The fourth-order valence-corrected chi connectivity index (χ4v) is 2.57. The minimum absolute atomic E-state index is 0.349. The number of aromatic nitrogens is 1. The van der Waals surface area contributed by atoms with E-state index in [4.69, 9.17) is 17.3 Å². The van der Waals surface area contributed by atoms with Crippen molar-refractivity contribution in [3.63, 3.8) is 0 Å². The Morgan fingerprint density at radius 1 is 1.21 bits per heavy atom. The molecule has 2 aromatic rings. The number of hydrogen-bond acceptors (Lipinski definition) is 3. The molecule has 0 aliphatic rings.